The maximum Gasteiger partial charge on any atom is 0.247 e. The van der Waals surface area contributed by atoms with E-state index in [-0.39, 0.29) is 5.91 Å². The summed E-state index contributed by atoms with van der Waals surface area (Å²) in [6, 6.07) is 7.49. The Bertz CT molecular complexity index is 1540. The summed E-state index contributed by atoms with van der Waals surface area (Å²) >= 11 is 6.38. The molecule has 3 N–H and O–H groups in total. The molecule has 3 heterocycles. The summed E-state index contributed by atoms with van der Waals surface area (Å²) in [7, 11) is 0. The number of carbonyl (C=O) groups is 2. The van der Waals surface area contributed by atoms with Gasteiger partial charge in [0.2, 0.25) is 17.8 Å². The van der Waals surface area contributed by atoms with Gasteiger partial charge in [-0.05, 0) is 85.5 Å². The van der Waals surface area contributed by atoms with Gasteiger partial charge in [0.15, 0.2) is 5.82 Å². The van der Waals surface area contributed by atoms with Crippen LogP contribution in [0, 0.1) is 29.6 Å². The van der Waals surface area contributed by atoms with Gasteiger partial charge >= 0.3 is 0 Å². The molecule has 12 heteroatoms. The highest BCUT2D eigenvalue weighted by molar-refractivity contribution is 6.32. The molecule has 8 rings (SSSR count). The number of carbonyl (C=O) groups excluding carboxylic acids is 2. The van der Waals surface area contributed by atoms with E-state index in [1.54, 1.807) is 12.4 Å². The molecule has 4 bridgehead atoms. The molecule has 0 unspecified atom stereocenters. The van der Waals surface area contributed by atoms with Crippen LogP contribution in [0.25, 0.3) is 0 Å². The minimum atomic E-state index is -0.266. The fourth-order valence-electron chi connectivity index (χ4n) is 8.20. The summed E-state index contributed by atoms with van der Waals surface area (Å²) in [5.41, 5.74) is 2.37. The second-order valence-corrected chi connectivity index (χ2v) is 13.5. The van der Waals surface area contributed by atoms with Gasteiger partial charge < -0.3 is 20.9 Å². The van der Waals surface area contributed by atoms with Crippen LogP contribution in [-0.2, 0) is 16.1 Å². The van der Waals surface area contributed by atoms with Gasteiger partial charge in [-0.15, -0.1) is 0 Å². The van der Waals surface area contributed by atoms with E-state index in [1.807, 2.05) is 35.3 Å². The van der Waals surface area contributed by atoms with Gasteiger partial charge in [-0.2, -0.15) is 14.9 Å². The van der Waals surface area contributed by atoms with Crippen molar-refractivity contribution in [1.29, 1.82) is 0 Å². The van der Waals surface area contributed by atoms with Crippen molar-refractivity contribution in [2.45, 2.75) is 45.1 Å². The van der Waals surface area contributed by atoms with Gasteiger partial charge in [0.1, 0.15) is 5.02 Å². The molecule has 0 spiro atoms. The Morgan fingerprint density at radius 1 is 1.00 bits per heavy atom. The summed E-state index contributed by atoms with van der Waals surface area (Å²) in [6.45, 7) is 6.83. The molecule has 2 aromatic heterocycles. The van der Waals surface area contributed by atoms with Crippen LogP contribution >= 0.6 is 11.6 Å². The van der Waals surface area contributed by atoms with Crippen LogP contribution in [0.3, 0.4) is 0 Å². The van der Waals surface area contributed by atoms with Crippen molar-refractivity contribution in [2.24, 2.45) is 29.6 Å². The summed E-state index contributed by atoms with van der Waals surface area (Å²) in [5, 5.41) is 16.3. The fraction of sp³-hybridized carbons (Fsp3) is 0.485. The van der Waals surface area contributed by atoms with Crippen molar-refractivity contribution in [3.05, 3.63) is 66.1 Å². The number of anilines is 4. The van der Waals surface area contributed by atoms with Crippen molar-refractivity contribution in [2.75, 3.05) is 47.1 Å². The molecule has 1 aromatic carbocycles. The summed E-state index contributed by atoms with van der Waals surface area (Å²) in [6.07, 6.45) is 14.0. The first-order chi connectivity index (χ1) is 21.9. The Morgan fingerprint density at radius 2 is 1.76 bits per heavy atom. The summed E-state index contributed by atoms with van der Waals surface area (Å²) in [5.74, 6) is 5.00. The van der Waals surface area contributed by atoms with E-state index in [0.717, 1.165) is 54.4 Å². The highest BCUT2D eigenvalue weighted by Crippen LogP contribution is 2.57. The molecule has 0 atom stereocenters. The third-order valence-electron chi connectivity index (χ3n) is 10.1. The van der Waals surface area contributed by atoms with Gasteiger partial charge in [-0.3, -0.25) is 14.6 Å². The number of rotatable bonds is 10. The summed E-state index contributed by atoms with van der Waals surface area (Å²) < 4.78 is 0. The topological polar surface area (TPSA) is 120 Å². The van der Waals surface area contributed by atoms with Crippen LogP contribution in [0.1, 0.15) is 44.1 Å². The van der Waals surface area contributed by atoms with Crippen molar-refractivity contribution >= 4 is 46.6 Å². The van der Waals surface area contributed by atoms with Gasteiger partial charge in [0, 0.05) is 31.7 Å². The molecule has 5 fully saturated rings. The molecule has 236 valence electrons. The maximum atomic E-state index is 13.3. The quantitative estimate of drug-likeness (QED) is 0.267. The molecular formula is C33H40ClN9O2. The number of halogens is 1. The monoisotopic (exact) mass is 629 g/mol. The number of benzene rings is 1. The number of aromatic nitrogens is 4. The molecule has 11 nitrogen and oxygen atoms in total. The number of hydrogen-bond acceptors (Lipinski definition) is 8. The number of piperazine rings is 1. The first kappa shape index (κ1) is 29.6. The Balaban J connectivity index is 0.906. The zero-order valence-corrected chi connectivity index (χ0v) is 26.1. The average Bonchev–Trinajstić information content (AvgIpc) is 3.51. The Labute approximate surface area is 268 Å². The van der Waals surface area contributed by atoms with E-state index in [9.17, 15) is 9.59 Å². The lowest BCUT2D eigenvalue weighted by Gasteiger charge is -2.54. The van der Waals surface area contributed by atoms with Crippen LogP contribution in [0.4, 0.5) is 23.1 Å². The van der Waals surface area contributed by atoms with Crippen molar-refractivity contribution in [1.82, 2.24) is 24.8 Å². The lowest BCUT2D eigenvalue weighted by molar-refractivity contribution is -0.136. The highest BCUT2D eigenvalue weighted by Gasteiger charge is 2.48. The van der Waals surface area contributed by atoms with E-state index >= 15 is 0 Å². The van der Waals surface area contributed by atoms with Crippen LogP contribution in [0.2, 0.25) is 5.02 Å². The molecule has 2 amide bonds. The predicted octanol–water partition coefficient (Wildman–Crippen LogP) is 5.05. The fourth-order valence-corrected chi connectivity index (χ4v) is 8.36. The molecule has 1 aliphatic heterocycles. The molecule has 4 aliphatic carbocycles. The molecular weight excluding hydrogens is 590 g/mol. The zero-order chi connectivity index (χ0) is 30.9. The van der Waals surface area contributed by atoms with E-state index in [1.165, 1.54) is 38.2 Å². The van der Waals surface area contributed by atoms with Crippen LogP contribution in [-0.4, -0.2) is 62.8 Å². The normalized spacial score (nSPS) is 25.2. The van der Waals surface area contributed by atoms with E-state index in [0.29, 0.717) is 53.9 Å². The minimum Gasteiger partial charge on any atom is -0.365 e. The Morgan fingerprint density at radius 3 is 2.49 bits per heavy atom. The Hall–Kier alpha value is -4.12. The second kappa shape index (κ2) is 12.7. The molecule has 4 saturated carbocycles. The van der Waals surface area contributed by atoms with Crippen molar-refractivity contribution in [3.63, 3.8) is 0 Å². The minimum absolute atomic E-state index is 0.266. The number of hydrogen-bond donors (Lipinski definition) is 3. The van der Waals surface area contributed by atoms with Crippen LogP contribution in [0.5, 0.6) is 0 Å². The Kier molecular flexibility index (Phi) is 8.35. The first-order valence-electron chi connectivity index (χ1n) is 16.0. The number of amides is 2. The standard InChI is InChI=1S/C33H40ClN9O2/c1-2-30(44)38-26-5-3-4-21(15-26)17-35-32-29(34)19-36-33(40-32)39-27-18-37-43(20-27)42-8-6-41(7-9-42)31(45)16-28-24-11-22-10-23(13-24)14-25(28)12-22/h2-5,15,18-20,22-25,28H,1,6-14,16-17H2,(H,38,44)(H2,35,36,39,40)/t22-,23+,24-,25+,28?. The third kappa shape index (κ3) is 6.63. The number of nitrogens with one attached hydrogen (secondary N) is 3. The van der Waals surface area contributed by atoms with Gasteiger partial charge in [0.25, 0.3) is 0 Å². The third-order valence-corrected chi connectivity index (χ3v) is 10.4. The smallest absolute Gasteiger partial charge is 0.247 e. The molecule has 45 heavy (non-hydrogen) atoms. The van der Waals surface area contributed by atoms with E-state index in [4.69, 9.17) is 11.6 Å². The van der Waals surface area contributed by atoms with E-state index in [2.05, 4.69) is 47.5 Å². The second-order valence-electron chi connectivity index (χ2n) is 13.0. The predicted molar refractivity (Wildman–Crippen MR) is 175 cm³/mol. The summed E-state index contributed by atoms with van der Waals surface area (Å²) in [4.78, 5) is 37.7. The average molecular weight is 630 g/mol. The largest absolute Gasteiger partial charge is 0.365 e. The molecule has 3 aromatic rings. The highest BCUT2D eigenvalue weighted by atomic mass is 35.5. The lowest BCUT2D eigenvalue weighted by Crippen LogP contribution is -2.54. The SMILES string of the molecule is C=CC(=O)Nc1cccc(CNc2nc(Nc3cnn(N4CCN(C(=O)CC5[C@H]6C[C@@H]7C[C@@H](C[C@H]5C7)C6)CC4)c3)ncc2Cl)c1. The maximum absolute atomic E-state index is 13.3. The van der Waals surface area contributed by atoms with Crippen LogP contribution in [0.15, 0.2) is 55.5 Å². The van der Waals surface area contributed by atoms with Crippen molar-refractivity contribution in [3.8, 4) is 0 Å². The molecule has 5 aliphatic rings. The van der Waals surface area contributed by atoms with E-state index < -0.39 is 0 Å². The first-order valence-corrected chi connectivity index (χ1v) is 16.4. The lowest BCUT2D eigenvalue weighted by atomic mass is 9.51. The number of nitrogens with zero attached hydrogens (tertiary/aromatic N) is 6. The molecule has 0 radical (unpaired) electrons. The zero-order valence-electron chi connectivity index (χ0n) is 25.4. The van der Waals surface area contributed by atoms with Crippen molar-refractivity contribution < 1.29 is 9.59 Å². The van der Waals surface area contributed by atoms with Crippen LogP contribution < -0.4 is 21.0 Å². The van der Waals surface area contributed by atoms with Gasteiger partial charge in [-0.1, -0.05) is 30.3 Å². The van der Waals surface area contributed by atoms with Gasteiger partial charge in [-0.25, -0.2) is 4.98 Å². The molecule has 1 saturated heterocycles. The van der Waals surface area contributed by atoms with Gasteiger partial charge in [0.05, 0.1) is 37.4 Å².